The number of rotatable bonds is 5. The summed E-state index contributed by atoms with van der Waals surface area (Å²) in [6.45, 7) is 1.80. The van der Waals surface area contributed by atoms with E-state index in [2.05, 4.69) is 25.3 Å². The van der Waals surface area contributed by atoms with Crippen LogP contribution in [0.3, 0.4) is 0 Å². The summed E-state index contributed by atoms with van der Waals surface area (Å²) < 4.78 is 12.5. The molecule has 9 nitrogen and oxygen atoms in total. The van der Waals surface area contributed by atoms with Gasteiger partial charge in [0.2, 0.25) is 12.1 Å². The first-order valence-corrected chi connectivity index (χ1v) is 9.65. The molecule has 1 N–H and O–H groups in total. The van der Waals surface area contributed by atoms with E-state index in [-0.39, 0.29) is 6.01 Å². The van der Waals surface area contributed by atoms with Crippen LogP contribution in [0.2, 0.25) is 0 Å². The summed E-state index contributed by atoms with van der Waals surface area (Å²) in [5, 5.41) is 14.8. The number of nitrogens with one attached hydrogen (secondary N) is 1. The molecule has 0 saturated carbocycles. The Kier molecular flexibility index (Phi) is 4.55. The van der Waals surface area contributed by atoms with Crippen molar-refractivity contribution in [1.82, 2.24) is 19.9 Å². The summed E-state index contributed by atoms with van der Waals surface area (Å²) in [5.74, 6) is 1.76. The molecule has 0 aliphatic heterocycles. The minimum atomic E-state index is 0.0896. The molecule has 0 amide bonds. The number of aromatic nitrogens is 5. The summed E-state index contributed by atoms with van der Waals surface area (Å²) in [5.41, 5.74) is 4.68. The minimum Gasteiger partial charge on any atom is -0.619 e. The van der Waals surface area contributed by atoms with Crippen molar-refractivity contribution in [2.45, 2.75) is 13.3 Å². The maximum Gasteiger partial charge on any atom is 0.325 e. The molecule has 1 aliphatic carbocycles. The van der Waals surface area contributed by atoms with Gasteiger partial charge in [-0.25, -0.2) is 9.97 Å². The molecule has 0 atom stereocenters. The van der Waals surface area contributed by atoms with Crippen molar-refractivity contribution in [2.75, 3.05) is 12.4 Å². The molecule has 4 aromatic rings. The number of ether oxygens (including phenoxy) is 2. The van der Waals surface area contributed by atoms with E-state index in [4.69, 9.17) is 9.47 Å². The second kappa shape index (κ2) is 7.52. The van der Waals surface area contributed by atoms with Gasteiger partial charge in [-0.2, -0.15) is 14.7 Å². The van der Waals surface area contributed by atoms with Crippen LogP contribution in [-0.2, 0) is 6.42 Å². The largest absolute Gasteiger partial charge is 0.619 e. The van der Waals surface area contributed by atoms with Gasteiger partial charge in [-0.15, -0.1) is 0 Å². The van der Waals surface area contributed by atoms with Gasteiger partial charge in [0.25, 0.3) is 0 Å². The van der Waals surface area contributed by atoms with Gasteiger partial charge in [0, 0.05) is 25.2 Å². The predicted octanol–water partition coefficient (Wildman–Crippen LogP) is 3.41. The van der Waals surface area contributed by atoms with Crippen LogP contribution >= 0.6 is 0 Å². The lowest BCUT2D eigenvalue weighted by molar-refractivity contribution is -0.605. The van der Waals surface area contributed by atoms with E-state index in [1.54, 1.807) is 31.5 Å². The highest BCUT2D eigenvalue weighted by Gasteiger charge is 2.29. The number of aryl methyl sites for hydroxylation is 1. The molecule has 0 unspecified atom stereocenters. The molecule has 5 rings (SSSR count). The molecule has 0 bridgehead atoms. The maximum atomic E-state index is 11.6. The zero-order chi connectivity index (χ0) is 21.4. The molecule has 0 spiro atoms. The molecule has 31 heavy (non-hydrogen) atoms. The number of anilines is 1. The van der Waals surface area contributed by atoms with E-state index in [9.17, 15) is 5.21 Å². The van der Waals surface area contributed by atoms with Crippen LogP contribution in [0.5, 0.6) is 23.4 Å². The Morgan fingerprint density at radius 3 is 2.65 bits per heavy atom. The third-order valence-electron chi connectivity index (χ3n) is 4.92. The third-order valence-corrected chi connectivity index (χ3v) is 4.92. The van der Waals surface area contributed by atoms with Gasteiger partial charge in [-0.1, -0.05) is 12.1 Å². The number of nitrogens with zero attached hydrogens (tertiary/aromatic N) is 5. The Hall–Kier alpha value is -4.27. The highest BCUT2D eigenvalue weighted by molar-refractivity contribution is 5.84. The smallest absolute Gasteiger partial charge is 0.325 e. The number of hydrogen-bond acceptors (Lipinski definition) is 8. The lowest BCUT2D eigenvalue weighted by Crippen LogP contribution is -2.23. The Morgan fingerprint density at radius 2 is 1.87 bits per heavy atom. The standard InChI is InChI=1S/C22H18N6O3/c1-13-24-10-15(11-25-13)30-21-20-16-6-3-7-18(23-2)17(16)9-19(20)26-22(27-21)31-14-5-4-8-28(29)12-14/h3-8,10-12,23H,9H2,1-2H3. The fraction of sp³-hybridized carbons (Fsp3) is 0.136. The van der Waals surface area contributed by atoms with Gasteiger partial charge in [0.05, 0.1) is 23.7 Å². The zero-order valence-electron chi connectivity index (χ0n) is 16.9. The summed E-state index contributed by atoms with van der Waals surface area (Å²) >= 11 is 0. The van der Waals surface area contributed by atoms with Crippen molar-refractivity contribution in [3.63, 3.8) is 0 Å². The Labute approximate surface area is 178 Å². The highest BCUT2D eigenvalue weighted by atomic mass is 16.5. The molecule has 0 fully saturated rings. The fourth-order valence-electron chi connectivity index (χ4n) is 3.54. The Balaban J connectivity index is 1.61. The van der Waals surface area contributed by atoms with Crippen molar-refractivity contribution >= 4 is 5.69 Å². The van der Waals surface area contributed by atoms with E-state index < -0.39 is 0 Å². The molecular weight excluding hydrogens is 396 g/mol. The van der Waals surface area contributed by atoms with E-state index >= 15 is 0 Å². The minimum absolute atomic E-state index is 0.0896. The number of fused-ring (bicyclic) bond motifs is 3. The van der Waals surface area contributed by atoms with Crippen LogP contribution in [-0.4, -0.2) is 27.0 Å². The predicted molar refractivity (Wildman–Crippen MR) is 112 cm³/mol. The molecule has 1 aromatic carbocycles. The first-order valence-electron chi connectivity index (χ1n) is 9.65. The normalized spacial score (nSPS) is 11.5. The van der Waals surface area contributed by atoms with E-state index in [1.807, 2.05) is 25.2 Å². The van der Waals surface area contributed by atoms with Gasteiger partial charge in [-0.05, 0) is 30.2 Å². The number of benzene rings is 1. The molecule has 0 saturated heterocycles. The monoisotopic (exact) mass is 414 g/mol. The Bertz CT molecular complexity index is 1280. The van der Waals surface area contributed by atoms with Gasteiger partial charge in [0.15, 0.2) is 17.7 Å². The van der Waals surface area contributed by atoms with Crippen molar-refractivity contribution in [3.8, 4) is 34.5 Å². The van der Waals surface area contributed by atoms with Crippen molar-refractivity contribution < 1.29 is 14.2 Å². The van der Waals surface area contributed by atoms with Crippen molar-refractivity contribution in [2.24, 2.45) is 0 Å². The van der Waals surface area contributed by atoms with Gasteiger partial charge < -0.3 is 20.0 Å². The van der Waals surface area contributed by atoms with Crippen LogP contribution in [0.15, 0.2) is 55.1 Å². The average molecular weight is 414 g/mol. The average Bonchev–Trinajstić information content (AvgIpc) is 3.14. The molecular formula is C22H18N6O3. The van der Waals surface area contributed by atoms with Crippen molar-refractivity contribution in [1.29, 1.82) is 0 Å². The Morgan fingerprint density at radius 1 is 1.03 bits per heavy atom. The van der Waals surface area contributed by atoms with E-state index in [1.165, 1.54) is 12.4 Å². The summed E-state index contributed by atoms with van der Waals surface area (Å²) in [6, 6.07) is 9.34. The maximum absolute atomic E-state index is 11.6. The van der Waals surface area contributed by atoms with Crippen LogP contribution in [0, 0.1) is 12.1 Å². The van der Waals surface area contributed by atoms with Crippen LogP contribution in [0.25, 0.3) is 11.1 Å². The van der Waals surface area contributed by atoms with Gasteiger partial charge >= 0.3 is 6.01 Å². The zero-order valence-corrected chi connectivity index (χ0v) is 16.9. The van der Waals surface area contributed by atoms with Gasteiger partial charge in [0.1, 0.15) is 5.82 Å². The second-order valence-corrected chi connectivity index (χ2v) is 6.96. The van der Waals surface area contributed by atoms with E-state index in [0.29, 0.717) is 34.4 Å². The van der Waals surface area contributed by atoms with Crippen LogP contribution in [0.1, 0.15) is 17.1 Å². The highest BCUT2D eigenvalue weighted by Crippen LogP contribution is 2.45. The number of pyridine rings is 1. The van der Waals surface area contributed by atoms with Crippen molar-refractivity contribution in [3.05, 3.63) is 77.4 Å². The lowest BCUT2D eigenvalue weighted by Gasteiger charge is -2.12. The van der Waals surface area contributed by atoms with Crippen LogP contribution in [0.4, 0.5) is 5.69 Å². The molecule has 1 aliphatic rings. The summed E-state index contributed by atoms with van der Waals surface area (Å²) in [7, 11) is 1.88. The molecule has 3 heterocycles. The van der Waals surface area contributed by atoms with Gasteiger partial charge in [-0.3, -0.25) is 0 Å². The van der Waals surface area contributed by atoms with Crippen LogP contribution < -0.4 is 19.5 Å². The second-order valence-electron chi connectivity index (χ2n) is 6.96. The first kappa shape index (κ1) is 18.7. The third kappa shape index (κ3) is 3.57. The van der Waals surface area contributed by atoms with E-state index in [0.717, 1.165) is 28.1 Å². The topological polar surface area (TPSA) is 109 Å². The number of hydrogen-bond donors (Lipinski definition) is 1. The first-order chi connectivity index (χ1) is 15.1. The fourth-order valence-corrected chi connectivity index (χ4v) is 3.54. The summed E-state index contributed by atoms with van der Waals surface area (Å²) in [6.07, 6.45) is 6.46. The SMILES string of the molecule is CNc1cccc2c1Cc1nc(Oc3ccc[n+]([O-])c3)nc(Oc3cnc(C)nc3)c1-2. The summed E-state index contributed by atoms with van der Waals surface area (Å²) in [4.78, 5) is 17.5. The molecule has 154 valence electrons. The molecule has 3 aromatic heterocycles. The quantitative estimate of drug-likeness (QED) is 0.344. The molecule has 9 heteroatoms. The lowest BCUT2D eigenvalue weighted by atomic mass is 10.1. The molecule has 0 radical (unpaired) electrons.